The van der Waals surface area contributed by atoms with Gasteiger partial charge in [-0.2, -0.15) is 13.2 Å². The van der Waals surface area contributed by atoms with E-state index in [-0.39, 0.29) is 15.7 Å². The van der Waals surface area contributed by atoms with E-state index in [9.17, 15) is 35.7 Å². The molecule has 1 saturated heterocycles. The van der Waals surface area contributed by atoms with Crippen molar-refractivity contribution in [2.75, 3.05) is 18.1 Å². The van der Waals surface area contributed by atoms with Crippen molar-refractivity contribution in [3.05, 3.63) is 23.0 Å². The lowest BCUT2D eigenvalue weighted by Gasteiger charge is -2.18. The molecule has 13 heteroatoms. The zero-order valence-corrected chi connectivity index (χ0v) is 15.8. The number of thioether (sulfide) groups is 1. The molecule has 1 aromatic rings. The van der Waals surface area contributed by atoms with Gasteiger partial charge in [-0.05, 0) is 17.2 Å². The number of hydrogen-bond donors (Lipinski definition) is 0. The first-order chi connectivity index (χ1) is 12.3. The standard InChI is InChI=1S/C14H11ClF6N2O2S2/c1-13(17,18)6-27(25)10-3-9(8(16)2-7(10)15)22-12-23(5-14(19,20)21)11(24)4-26-12/h2-3H,4-6H2,1H3/b22-12-. The monoisotopic (exact) mass is 452 g/mol. The minimum Gasteiger partial charge on any atom is -0.611 e. The fraction of sp³-hybridized carbons (Fsp3) is 0.429. The SMILES string of the molecule is CC(F)(F)C[S+]([O-])c1cc(/N=C2\SCC(=O)N2CC(F)(F)F)c(F)cc1Cl. The maximum Gasteiger partial charge on any atom is 0.406 e. The van der Waals surface area contributed by atoms with Crippen molar-refractivity contribution in [3.8, 4) is 0 Å². The lowest BCUT2D eigenvalue weighted by Crippen LogP contribution is -2.38. The van der Waals surface area contributed by atoms with Crippen LogP contribution in [0, 0.1) is 5.82 Å². The van der Waals surface area contributed by atoms with Crippen LogP contribution in [-0.2, 0) is 16.0 Å². The smallest absolute Gasteiger partial charge is 0.406 e. The van der Waals surface area contributed by atoms with Crippen molar-refractivity contribution in [2.24, 2.45) is 4.99 Å². The quantitative estimate of drug-likeness (QED) is 0.492. The molecule has 1 unspecified atom stereocenters. The lowest BCUT2D eigenvalue weighted by molar-refractivity contribution is -0.150. The maximum absolute atomic E-state index is 14.1. The second kappa shape index (κ2) is 8.10. The highest BCUT2D eigenvalue weighted by Crippen LogP contribution is 2.34. The van der Waals surface area contributed by atoms with Crippen LogP contribution in [0.5, 0.6) is 0 Å². The normalized spacial score (nSPS) is 18.5. The van der Waals surface area contributed by atoms with Gasteiger partial charge in [0.15, 0.2) is 21.6 Å². The number of amidine groups is 1. The number of aliphatic imine (C=N–C) groups is 1. The molecule has 1 heterocycles. The van der Waals surface area contributed by atoms with Crippen LogP contribution in [0.1, 0.15) is 6.92 Å². The van der Waals surface area contributed by atoms with Crippen LogP contribution in [-0.4, -0.2) is 50.7 Å². The van der Waals surface area contributed by atoms with E-state index in [0.29, 0.717) is 29.7 Å². The molecule has 150 valence electrons. The first-order valence-electron chi connectivity index (χ1n) is 7.11. The van der Waals surface area contributed by atoms with Gasteiger partial charge in [0.25, 0.3) is 5.92 Å². The molecule has 0 saturated carbocycles. The van der Waals surface area contributed by atoms with Crippen LogP contribution < -0.4 is 0 Å². The van der Waals surface area contributed by atoms with Gasteiger partial charge in [0, 0.05) is 13.0 Å². The number of hydrogen-bond acceptors (Lipinski definition) is 4. The highest BCUT2D eigenvalue weighted by atomic mass is 35.5. The summed E-state index contributed by atoms with van der Waals surface area (Å²) in [6.45, 7) is -1.06. The summed E-state index contributed by atoms with van der Waals surface area (Å²) in [5.74, 6) is -6.61. The van der Waals surface area contributed by atoms with Crippen LogP contribution in [0.4, 0.5) is 32.0 Å². The molecule has 0 radical (unpaired) electrons. The van der Waals surface area contributed by atoms with Crippen molar-refractivity contribution in [1.82, 2.24) is 4.90 Å². The molecule has 0 bridgehead atoms. The molecule has 1 aliphatic heterocycles. The Balaban J connectivity index is 2.39. The summed E-state index contributed by atoms with van der Waals surface area (Å²) in [5, 5.41) is -0.794. The van der Waals surface area contributed by atoms with Gasteiger partial charge in [-0.3, -0.25) is 9.69 Å². The van der Waals surface area contributed by atoms with Gasteiger partial charge in [0.2, 0.25) is 5.91 Å². The number of benzene rings is 1. The highest BCUT2D eigenvalue weighted by molar-refractivity contribution is 8.15. The second-order valence-electron chi connectivity index (χ2n) is 5.57. The number of amides is 1. The van der Waals surface area contributed by atoms with E-state index in [1.807, 2.05) is 0 Å². The third-order valence-electron chi connectivity index (χ3n) is 3.04. The van der Waals surface area contributed by atoms with Gasteiger partial charge in [-0.25, -0.2) is 18.2 Å². The summed E-state index contributed by atoms with van der Waals surface area (Å²) in [5.41, 5.74) is -0.563. The summed E-state index contributed by atoms with van der Waals surface area (Å²) >= 11 is 4.10. The summed E-state index contributed by atoms with van der Waals surface area (Å²) in [4.78, 5) is 15.3. The Morgan fingerprint density at radius 2 is 1.96 bits per heavy atom. The molecule has 0 N–H and O–H groups in total. The van der Waals surface area contributed by atoms with Crippen molar-refractivity contribution >= 4 is 51.3 Å². The molecular formula is C14H11ClF6N2O2S2. The minimum absolute atomic E-state index is 0.315. The molecule has 2 rings (SSSR count). The predicted octanol–water partition coefficient (Wildman–Crippen LogP) is 4.37. The van der Waals surface area contributed by atoms with Crippen LogP contribution in [0.3, 0.4) is 0 Å². The lowest BCUT2D eigenvalue weighted by atomic mass is 10.3. The van der Waals surface area contributed by atoms with Crippen molar-refractivity contribution in [3.63, 3.8) is 0 Å². The molecular weight excluding hydrogens is 442 g/mol. The van der Waals surface area contributed by atoms with E-state index in [2.05, 4.69) is 4.99 Å². The Hall–Kier alpha value is -1.11. The topological polar surface area (TPSA) is 55.7 Å². The van der Waals surface area contributed by atoms with Gasteiger partial charge in [0.05, 0.1) is 10.8 Å². The fourth-order valence-electron chi connectivity index (χ4n) is 2.01. The minimum atomic E-state index is -4.70. The molecule has 0 spiro atoms. The summed E-state index contributed by atoms with van der Waals surface area (Å²) in [6, 6.07) is 1.50. The highest BCUT2D eigenvalue weighted by Gasteiger charge is 2.39. The van der Waals surface area contributed by atoms with Gasteiger partial charge in [-0.1, -0.05) is 23.4 Å². The van der Waals surface area contributed by atoms with Gasteiger partial charge >= 0.3 is 6.18 Å². The molecule has 1 aliphatic rings. The second-order valence-corrected chi connectivity index (χ2v) is 8.34. The number of carbonyl (C=O) groups excluding carboxylic acids is 1. The number of alkyl halides is 5. The molecule has 0 aromatic heterocycles. The van der Waals surface area contributed by atoms with Gasteiger partial charge < -0.3 is 4.55 Å². The van der Waals surface area contributed by atoms with E-state index < -0.39 is 58.2 Å². The zero-order valence-electron chi connectivity index (χ0n) is 13.4. The molecule has 1 aromatic carbocycles. The third-order valence-corrected chi connectivity index (χ3v) is 6.02. The first kappa shape index (κ1) is 22.2. The Morgan fingerprint density at radius 1 is 1.33 bits per heavy atom. The average molecular weight is 453 g/mol. The number of halogens is 7. The first-order valence-corrected chi connectivity index (χ1v) is 9.79. The Morgan fingerprint density at radius 3 is 2.52 bits per heavy atom. The average Bonchev–Trinajstić information content (AvgIpc) is 2.79. The van der Waals surface area contributed by atoms with Crippen LogP contribution >= 0.6 is 23.4 Å². The summed E-state index contributed by atoms with van der Waals surface area (Å²) in [7, 11) is 0. The molecule has 1 atom stereocenters. The van der Waals surface area contributed by atoms with E-state index in [0.717, 1.165) is 6.07 Å². The van der Waals surface area contributed by atoms with Gasteiger partial charge in [0.1, 0.15) is 12.2 Å². The van der Waals surface area contributed by atoms with Crippen molar-refractivity contribution in [2.45, 2.75) is 23.9 Å². The molecule has 1 fully saturated rings. The summed E-state index contributed by atoms with van der Waals surface area (Å²) < 4.78 is 90.0. The Kier molecular flexibility index (Phi) is 6.65. The van der Waals surface area contributed by atoms with Crippen LogP contribution in [0.15, 0.2) is 22.0 Å². The fourth-order valence-corrected chi connectivity index (χ4v) is 4.44. The number of carbonyl (C=O) groups is 1. The largest absolute Gasteiger partial charge is 0.611 e. The maximum atomic E-state index is 14.1. The van der Waals surface area contributed by atoms with E-state index in [1.54, 1.807) is 0 Å². The number of nitrogens with zero attached hydrogens (tertiary/aromatic N) is 2. The zero-order chi connectivity index (χ0) is 20.6. The molecule has 0 aliphatic carbocycles. The Bertz CT molecular complexity index is 769. The molecule has 1 amide bonds. The Labute approximate surface area is 162 Å². The third kappa shape index (κ3) is 6.19. The molecule has 4 nitrogen and oxygen atoms in total. The van der Waals surface area contributed by atoms with E-state index in [4.69, 9.17) is 11.6 Å². The molecule has 27 heavy (non-hydrogen) atoms. The van der Waals surface area contributed by atoms with Crippen molar-refractivity contribution in [1.29, 1.82) is 0 Å². The van der Waals surface area contributed by atoms with Crippen LogP contribution in [0.25, 0.3) is 0 Å². The van der Waals surface area contributed by atoms with Crippen molar-refractivity contribution < 1.29 is 35.7 Å². The number of rotatable bonds is 5. The van der Waals surface area contributed by atoms with Crippen LogP contribution in [0.2, 0.25) is 5.02 Å². The van der Waals surface area contributed by atoms with E-state index >= 15 is 0 Å². The predicted molar refractivity (Wildman–Crippen MR) is 90.6 cm³/mol. The summed E-state index contributed by atoms with van der Waals surface area (Å²) in [6.07, 6.45) is -4.70. The van der Waals surface area contributed by atoms with Gasteiger partial charge in [-0.15, -0.1) is 0 Å². The van der Waals surface area contributed by atoms with E-state index in [1.165, 1.54) is 0 Å².